The highest BCUT2D eigenvalue weighted by Crippen LogP contribution is 2.40. The van der Waals surface area contributed by atoms with Crippen LogP contribution >= 0.6 is 23.2 Å². The van der Waals surface area contributed by atoms with Crippen molar-refractivity contribution in [2.45, 2.75) is 38.9 Å². The van der Waals surface area contributed by atoms with Crippen molar-refractivity contribution >= 4 is 47.4 Å². The first-order chi connectivity index (χ1) is 16.7. The quantitative estimate of drug-likeness (QED) is 0.521. The second-order valence-electron chi connectivity index (χ2n) is 9.72. The summed E-state index contributed by atoms with van der Waals surface area (Å²) in [5.41, 5.74) is -0.349. The van der Waals surface area contributed by atoms with E-state index in [1.54, 1.807) is 18.2 Å². The summed E-state index contributed by atoms with van der Waals surface area (Å²) in [7, 11) is 2.11. The maximum Gasteiger partial charge on any atom is 0.496 e. The Morgan fingerprint density at radius 3 is 2.08 bits per heavy atom. The van der Waals surface area contributed by atoms with Crippen LogP contribution in [0.25, 0.3) is 11.1 Å². The average Bonchev–Trinajstić information content (AvgIpc) is 3.03. The molecule has 4 rings (SSSR count). The van der Waals surface area contributed by atoms with Crippen LogP contribution < -0.4 is 22.0 Å². The van der Waals surface area contributed by atoms with Gasteiger partial charge in [-0.1, -0.05) is 53.5 Å². The van der Waals surface area contributed by atoms with Gasteiger partial charge in [0.1, 0.15) is 5.56 Å². The van der Waals surface area contributed by atoms with Crippen molar-refractivity contribution in [2.24, 2.45) is 14.1 Å². The van der Waals surface area contributed by atoms with Crippen molar-refractivity contribution in [1.82, 2.24) is 9.13 Å². The van der Waals surface area contributed by atoms with Crippen molar-refractivity contribution in [2.75, 3.05) is 5.32 Å². The highest BCUT2D eigenvalue weighted by Gasteiger charge is 2.52. The largest absolute Gasteiger partial charge is 0.496 e. The summed E-state index contributed by atoms with van der Waals surface area (Å²) in [5.74, 6) is -0.692. The zero-order chi connectivity index (χ0) is 26.6. The van der Waals surface area contributed by atoms with Crippen molar-refractivity contribution in [3.05, 3.63) is 79.0 Å². The molecule has 3 aromatic rings. The zero-order valence-electron chi connectivity index (χ0n) is 20.8. The van der Waals surface area contributed by atoms with Crippen LogP contribution in [0.2, 0.25) is 10.0 Å². The number of hydrogen-bond donors (Lipinski definition) is 1. The molecule has 0 saturated carbocycles. The van der Waals surface area contributed by atoms with E-state index >= 15 is 0 Å². The normalized spacial score (nSPS) is 16.3. The van der Waals surface area contributed by atoms with Crippen LogP contribution in [0.15, 0.2) is 52.2 Å². The highest BCUT2D eigenvalue weighted by atomic mass is 35.5. The third-order valence-electron chi connectivity index (χ3n) is 6.76. The van der Waals surface area contributed by atoms with Gasteiger partial charge in [0.15, 0.2) is 0 Å². The lowest BCUT2D eigenvalue weighted by atomic mass is 9.77. The Labute approximate surface area is 218 Å². The van der Waals surface area contributed by atoms with Crippen LogP contribution in [0, 0.1) is 0 Å². The number of hydrogen-bond acceptors (Lipinski definition) is 5. The minimum absolute atomic E-state index is 0.193. The molecule has 1 amide bonds. The minimum atomic E-state index is -0.707. The standard InChI is InChI=1S/C25H26BCl2N3O5/c1-24(2)25(3,4)36-26(35-24)17-11-7-9-14(19(17)27)15-10-8-12-18(20(15)28)29-21(32)16-13-30(5)23(34)31(6)22(16)33/h7-13H,1-6H3,(H,29,32). The molecule has 1 aliphatic rings. The second-order valence-corrected chi connectivity index (χ2v) is 10.5. The van der Waals surface area contributed by atoms with Gasteiger partial charge >= 0.3 is 12.8 Å². The molecule has 36 heavy (non-hydrogen) atoms. The zero-order valence-corrected chi connectivity index (χ0v) is 22.3. The lowest BCUT2D eigenvalue weighted by molar-refractivity contribution is 0.00578. The Morgan fingerprint density at radius 2 is 1.47 bits per heavy atom. The smallest absolute Gasteiger partial charge is 0.399 e. The van der Waals surface area contributed by atoms with Crippen molar-refractivity contribution in [3.8, 4) is 11.1 Å². The molecule has 8 nitrogen and oxygen atoms in total. The number of carbonyl (C=O) groups is 1. The minimum Gasteiger partial charge on any atom is -0.399 e. The van der Waals surface area contributed by atoms with E-state index in [0.29, 0.717) is 21.6 Å². The fourth-order valence-electron chi connectivity index (χ4n) is 3.90. The summed E-state index contributed by atoms with van der Waals surface area (Å²) < 4.78 is 14.4. The summed E-state index contributed by atoms with van der Waals surface area (Å²) in [6.45, 7) is 7.86. The molecule has 0 bridgehead atoms. The summed E-state index contributed by atoms with van der Waals surface area (Å²) in [6, 6.07) is 10.6. The monoisotopic (exact) mass is 529 g/mol. The summed E-state index contributed by atoms with van der Waals surface area (Å²) >= 11 is 13.5. The third-order valence-corrected chi connectivity index (χ3v) is 7.59. The van der Waals surface area contributed by atoms with E-state index in [1.165, 1.54) is 20.3 Å². The Morgan fingerprint density at radius 1 is 0.917 bits per heavy atom. The summed E-state index contributed by atoms with van der Waals surface area (Å²) in [5, 5.41) is 3.32. The molecule has 0 unspecified atom stereocenters. The van der Waals surface area contributed by atoms with Crippen LogP contribution in [-0.4, -0.2) is 33.4 Å². The second kappa shape index (κ2) is 9.23. The van der Waals surface area contributed by atoms with Gasteiger partial charge < -0.3 is 19.2 Å². The van der Waals surface area contributed by atoms with E-state index in [4.69, 9.17) is 32.5 Å². The van der Waals surface area contributed by atoms with Gasteiger partial charge in [0.05, 0.1) is 21.9 Å². The number of benzene rings is 2. The lowest BCUT2D eigenvalue weighted by Gasteiger charge is -2.32. The molecule has 2 aromatic carbocycles. The molecule has 1 saturated heterocycles. The number of halogens is 2. The Hall–Kier alpha value is -2.85. The molecular weight excluding hydrogens is 504 g/mol. The van der Waals surface area contributed by atoms with Crippen molar-refractivity contribution < 1.29 is 14.1 Å². The van der Waals surface area contributed by atoms with Gasteiger partial charge in [-0.25, -0.2) is 4.79 Å². The molecule has 0 atom stereocenters. The van der Waals surface area contributed by atoms with Crippen LogP contribution in [0.3, 0.4) is 0 Å². The van der Waals surface area contributed by atoms with Gasteiger partial charge in [-0.05, 0) is 33.8 Å². The third kappa shape index (κ3) is 4.41. The Balaban J connectivity index is 1.70. The SMILES string of the molecule is Cn1cc(C(=O)Nc2cccc(-c3cccc(B4OC(C)(C)C(C)(C)O4)c3Cl)c2Cl)c(=O)n(C)c1=O. The highest BCUT2D eigenvalue weighted by molar-refractivity contribution is 6.66. The molecule has 1 aromatic heterocycles. The predicted octanol–water partition coefficient (Wildman–Crippen LogP) is 3.61. The maximum absolute atomic E-state index is 12.9. The van der Waals surface area contributed by atoms with E-state index in [-0.39, 0.29) is 16.3 Å². The molecule has 2 heterocycles. The summed E-state index contributed by atoms with van der Waals surface area (Å²) in [4.78, 5) is 37.3. The predicted molar refractivity (Wildman–Crippen MR) is 142 cm³/mol. The molecule has 0 radical (unpaired) electrons. The van der Waals surface area contributed by atoms with E-state index < -0.39 is 35.5 Å². The number of anilines is 1. The van der Waals surface area contributed by atoms with E-state index in [0.717, 1.165) is 9.13 Å². The first kappa shape index (κ1) is 26.2. The van der Waals surface area contributed by atoms with Gasteiger partial charge in [0, 0.05) is 41.9 Å². The van der Waals surface area contributed by atoms with Gasteiger partial charge in [-0.15, -0.1) is 0 Å². The number of nitrogens with one attached hydrogen (secondary N) is 1. The fourth-order valence-corrected chi connectivity index (χ4v) is 4.49. The Bertz CT molecular complexity index is 1480. The maximum atomic E-state index is 12.9. The van der Waals surface area contributed by atoms with E-state index in [1.807, 2.05) is 45.9 Å². The number of amides is 1. The van der Waals surface area contributed by atoms with Crippen LogP contribution in [0.1, 0.15) is 38.1 Å². The van der Waals surface area contributed by atoms with Crippen molar-refractivity contribution in [1.29, 1.82) is 0 Å². The first-order valence-electron chi connectivity index (χ1n) is 11.3. The molecule has 188 valence electrons. The fraction of sp³-hybridized carbons (Fsp3) is 0.320. The van der Waals surface area contributed by atoms with Crippen molar-refractivity contribution in [3.63, 3.8) is 0 Å². The molecule has 0 aliphatic carbocycles. The molecule has 11 heteroatoms. The number of aryl methyl sites for hydroxylation is 1. The lowest BCUT2D eigenvalue weighted by Crippen LogP contribution is -2.41. The topological polar surface area (TPSA) is 91.6 Å². The molecule has 1 fully saturated rings. The number of aromatic nitrogens is 2. The molecular formula is C25H26BCl2N3O5. The average molecular weight is 530 g/mol. The van der Waals surface area contributed by atoms with Crippen LogP contribution in [0.5, 0.6) is 0 Å². The number of rotatable bonds is 4. The van der Waals surface area contributed by atoms with E-state index in [9.17, 15) is 14.4 Å². The first-order valence-corrected chi connectivity index (χ1v) is 12.0. The van der Waals surface area contributed by atoms with Gasteiger partial charge in [0.2, 0.25) is 0 Å². The van der Waals surface area contributed by atoms with Crippen LogP contribution in [0.4, 0.5) is 5.69 Å². The number of nitrogens with zero attached hydrogens (tertiary/aromatic N) is 2. The Kier molecular flexibility index (Phi) is 6.72. The molecule has 1 N–H and O–H groups in total. The van der Waals surface area contributed by atoms with Gasteiger partial charge in [0.25, 0.3) is 11.5 Å². The summed E-state index contributed by atoms with van der Waals surface area (Å²) in [6.07, 6.45) is 1.20. The van der Waals surface area contributed by atoms with Gasteiger partial charge in [-0.2, -0.15) is 0 Å². The number of carbonyl (C=O) groups excluding carboxylic acids is 1. The van der Waals surface area contributed by atoms with Crippen LogP contribution in [-0.2, 0) is 23.4 Å². The molecule has 0 spiro atoms. The molecule has 1 aliphatic heterocycles. The van der Waals surface area contributed by atoms with E-state index in [2.05, 4.69) is 5.32 Å². The van der Waals surface area contributed by atoms with Gasteiger partial charge in [-0.3, -0.25) is 14.2 Å².